The van der Waals surface area contributed by atoms with Crippen LogP contribution in [0.3, 0.4) is 0 Å². The molecule has 0 fully saturated rings. The highest BCUT2D eigenvalue weighted by atomic mass is 32.1. The van der Waals surface area contributed by atoms with E-state index in [9.17, 15) is 0 Å². The van der Waals surface area contributed by atoms with Gasteiger partial charge in [-0.1, -0.05) is 43.4 Å². The molecule has 0 saturated heterocycles. The molecular weight excluding hydrogens is 290 g/mol. The molecule has 0 aromatic heterocycles. The third kappa shape index (κ3) is 3.03. The van der Waals surface area contributed by atoms with Gasteiger partial charge in [-0.3, -0.25) is 0 Å². The normalized spacial score (nSPS) is 21.5. The van der Waals surface area contributed by atoms with Gasteiger partial charge in [0.15, 0.2) is 0 Å². The minimum absolute atomic E-state index is 0.415. The van der Waals surface area contributed by atoms with Crippen LogP contribution in [0, 0.1) is 0 Å². The van der Waals surface area contributed by atoms with E-state index < -0.39 is 0 Å². The van der Waals surface area contributed by atoms with Crippen LogP contribution in [0.15, 0.2) is 47.0 Å². The number of amidine groups is 1. The van der Waals surface area contributed by atoms with Crippen LogP contribution in [0.5, 0.6) is 0 Å². The third-order valence-corrected chi connectivity index (χ3v) is 4.61. The summed E-state index contributed by atoms with van der Waals surface area (Å²) < 4.78 is 0. The van der Waals surface area contributed by atoms with E-state index in [1.165, 1.54) is 11.1 Å². The Hall–Kier alpha value is -1.78. The number of thiocarbonyl (C=S) groups is 1. The molecule has 0 amide bonds. The zero-order chi connectivity index (χ0) is 15.5. The van der Waals surface area contributed by atoms with E-state index in [-0.39, 0.29) is 0 Å². The van der Waals surface area contributed by atoms with Crippen molar-refractivity contribution in [3.8, 4) is 0 Å². The molecule has 3 N–H and O–H groups in total. The second kappa shape index (κ2) is 6.55. The number of allylic oxidation sites excluding steroid dienone is 3. The second-order valence-corrected chi connectivity index (χ2v) is 6.17. The molecule has 2 aliphatic rings. The van der Waals surface area contributed by atoms with Crippen molar-refractivity contribution in [3.63, 3.8) is 0 Å². The van der Waals surface area contributed by atoms with E-state index in [4.69, 9.17) is 18.0 Å². The van der Waals surface area contributed by atoms with Crippen LogP contribution in [0.1, 0.15) is 36.9 Å². The van der Waals surface area contributed by atoms with Crippen LogP contribution in [0.25, 0.3) is 0 Å². The molecule has 0 spiro atoms. The Labute approximate surface area is 137 Å². The highest BCUT2D eigenvalue weighted by molar-refractivity contribution is 7.81. The lowest BCUT2D eigenvalue weighted by atomic mass is 9.92. The van der Waals surface area contributed by atoms with Crippen LogP contribution in [-0.2, 0) is 6.42 Å². The van der Waals surface area contributed by atoms with Crippen molar-refractivity contribution in [1.29, 1.82) is 0 Å². The summed E-state index contributed by atoms with van der Waals surface area (Å²) in [5.41, 5.74) is 10.7. The third-order valence-electron chi connectivity index (χ3n) is 4.23. The van der Waals surface area contributed by atoms with Gasteiger partial charge in [-0.2, -0.15) is 0 Å². The summed E-state index contributed by atoms with van der Waals surface area (Å²) in [4.78, 5) is 5.44. The molecule has 0 saturated carbocycles. The summed E-state index contributed by atoms with van der Waals surface area (Å²) in [5.74, 6) is 0.506. The van der Waals surface area contributed by atoms with Crippen molar-refractivity contribution in [3.05, 3.63) is 53.1 Å². The molecule has 1 atom stereocenters. The first-order valence-corrected chi connectivity index (χ1v) is 8.20. The standard InChI is InChI=1S/C18H21N3S/c1-2-16-15-11-13(8-7-12(15)9-10-20-16)21-18(19)14-5-3-4-6-17(14)22/h3-5,7-8,11,16,20H,2,6,9-10H2,1H3,(H2,19,21). The number of nitrogens with one attached hydrogen (secondary N) is 1. The average molecular weight is 311 g/mol. The topological polar surface area (TPSA) is 50.4 Å². The van der Waals surface area contributed by atoms with Gasteiger partial charge in [-0.05, 0) is 42.6 Å². The zero-order valence-electron chi connectivity index (χ0n) is 12.8. The second-order valence-electron chi connectivity index (χ2n) is 5.68. The monoisotopic (exact) mass is 311 g/mol. The fourth-order valence-electron chi connectivity index (χ4n) is 3.03. The summed E-state index contributed by atoms with van der Waals surface area (Å²) in [6, 6.07) is 6.80. The Morgan fingerprint density at radius 2 is 2.32 bits per heavy atom. The van der Waals surface area contributed by atoms with E-state index >= 15 is 0 Å². The Morgan fingerprint density at radius 1 is 1.45 bits per heavy atom. The van der Waals surface area contributed by atoms with Crippen molar-refractivity contribution in [1.82, 2.24) is 5.32 Å². The number of aliphatic imine (C=N–C) groups is 1. The molecule has 1 aromatic rings. The zero-order valence-corrected chi connectivity index (χ0v) is 13.6. The molecule has 114 valence electrons. The summed E-state index contributed by atoms with van der Waals surface area (Å²) in [6.07, 6.45) is 8.89. The van der Waals surface area contributed by atoms with E-state index in [1.807, 2.05) is 24.3 Å². The molecule has 3 rings (SSSR count). The smallest absolute Gasteiger partial charge is 0.132 e. The summed E-state index contributed by atoms with van der Waals surface area (Å²) in [7, 11) is 0. The lowest BCUT2D eigenvalue weighted by molar-refractivity contribution is 0.493. The molecule has 22 heavy (non-hydrogen) atoms. The first-order valence-electron chi connectivity index (χ1n) is 7.80. The van der Waals surface area contributed by atoms with Gasteiger partial charge in [-0.25, -0.2) is 4.99 Å². The van der Waals surface area contributed by atoms with Gasteiger partial charge in [0.1, 0.15) is 5.84 Å². The van der Waals surface area contributed by atoms with Crippen LogP contribution < -0.4 is 11.1 Å². The number of rotatable bonds is 3. The van der Waals surface area contributed by atoms with Crippen LogP contribution in [-0.4, -0.2) is 17.2 Å². The molecule has 1 aliphatic carbocycles. The average Bonchev–Trinajstić information content (AvgIpc) is 2.54. The van der Waals surface area contributed by atoms with E-state index in [0.717, 1.165) is 41.9 Å². The van der Waals surface area contributed by atoms with Crippen molar-refractivity contribution < 1.29 is 0 Å². The molecule has 1 unspecified atom stereocenters. The fraction of sp³-hybridized carbons (Fsp3) is 0.333. The Bertz CT molecular complexity index is 686. The number of nitrogens with two attached hydrogens (primary N) is 1. The van der Waals surface area contributed by atoms with Gasteiger partial charge < -0.3 is 11.1 Å². The Morgan fingerprint density at radius 3 is 3.09 bits per heavy atom. The Balaban J connectivity index is 1.92. The predicted octanol–water partition coefficient (Wildman–Crippen LogP) is 3.53. The van der Waals surface area contributed by atoms with Crippen molar-refractivity contribution >= 4 is 28.6 Å². The number of hydrogen-bond donors (Lipinski definition) is 2. The molecule has 4 heteroatoms. The highest BCUT2D eigenvalue weighted by Gasteiger charge is 2.18. The summed E-state index contributed by atoms with van der Waals surface area (Å²) in [6.45, 7) is 3.25. The maximum atomic E-state index is 6.16. The van der Waals surface area contributed by atoms with Gasteiger partial charge >= 0.3 is 0 Å². The van der Waals surface area contributed by atoms with Gasteiger partial charge in [-0.15, -0.1) is 0 Å². The van der Waals surface area contributed by atoms with Crippen LogP contribution in [0.2, 0.25) is 0 Å². The highest BCUT2D eigenvalue weighted by Crippen LogP contribution is 2.29. The molecule has 1 aliphatic heterocycles. The van der Waals surface area contributed by atoms with Gasteiger partial charge in [0, 0.05) is 22.9 Å². The van der Waals surface area contributed by atoms with Gasteiger partial charge in [0.2, 0.25) is 0 Å². The SMILES string of the molecule is CCC1NCCc2ccc(N=C(N)C3=CC=CCC3=S)cc21. The number of fused-ring (bicyclic) bond motifs is 1. The minimum Gasteiger partial charge on any atom is -0.383 e. The minimum atomic E-state index is 0.415. The first-order chi connectivity index (χ1) is 10.7. The van der Waals surface area contributed by atoms with E-state index in [1.54, 1.807) is 0 Å². The van der Waals surface area contributed by atoms with E-state index in [2.05, 4.69) is 29.4 Å². The number of hydrogen-bond acceptors (Lipinski definition) is 3. The maximum absolute atomic E-state index is 6.16. The largest absolute Gasteiger partial charge is 0.383 e. The summed E-state index contributed by atoms with van der Waals surface area (Å²) >= 11 is 5.36. The predicted molar refractivity (Wildman–Crippen MR) is 96.9 cm³/mol. The van der Waals surface area contributed by atoms with Crippen LogP contribution >= 0.6 is 12.2 Å². The van der Waals surface area contributed by atoms with Crippen molar-refractivity contribution in [2.24, 2.45) is 10.7 Å². The molecule has 1 heterocycles. The quantitative estimate of drug-likeness (QED) is 0.510. The molecule has 0 bridgehead atoms. The Kier molecular flexibility index (Phi) is 4.50. The molecule has 3 nitrogen and oxygen atoms in total. The fourth-order valence-corrected chi connectivity index (χ4v) is 3.30. The lowest BCUT2D eigenvalue weighted by Gasteiger charge is -2.26. The van der Waals surface area contributed by atoms with Crippen LogP contribution in [0.4, 0.5) is 5.69 Å². The lowest BCUT2D eigenvalue weighted by Crippen LogP contribution is -2.29. The molecule has 0 radical (unpaired) electrons. The summed E-state index contributed by atoms with van der Waals surface area (Å²) in [5, 5.41) is 3.55. The maximum Gasteiger partial charge on any atom is 0.132 e. The first kappa shape index (κ1) is 15.1. The van der Waals surface area contributed by atoms with Crippen molar-refractivity contribution in [2.75, 3.05) is 6.54 Å². The molecular formula is C18H21N3S. The number of nitrogens with zero attached hydrogens (tertiary/aromatic N) is 1. The van der Waals surface area contributed by atoms with Gasteiger partial charge in [0.05, 0.1) is 5.69 Å². The number of benzene rings is 1. The molecule has 1 aromatic carbocycles. The van der Waals surface area contributed by atoms with Crippen molar-refractivity contribution in [2.45, 2.75) is 32.2 Å². The van der Waals surface area contributed by atoms with Gasteiger partial charge in [0.25, 0.3) is 0 Å². The van der Waals surface area contributed by atoms with E-state index in [0.29, 0.717) is 11.9 Å².